The monoisotopic (exact) mass is 406 g/mol. The summed E-state index contributed by atoms with van der Waals surface area (Å²) in [5, 5.41) is 16.1. The van der Waals surface area contributed by atoms with Crippen LogP contribution in [-0.2, 0) is 6.54 Å². The van der Waals surface area contributed by atoms with Crippen LogP contribution in [0.2, 0.25) is 0 Å². The van der Waals surface area contributed by atoms with Crippen LogP contribution < -0.4 is 10.2 Å². The number of pyridine rings is 2. The summed E-state index contributed by atoms with van der Waals surface area (Å²) < 4.78 is 14.2. The van der Waals surface area contributed by atoms with Crippen molar-refractivity contribution in [2.45, 2.75) is 19.5 Å². The second-order valence-corrected chi connectivity index (χ2v) is 7.55. The molecule has 8 nitrogen and oxygen atoms in total. The fourth-order valence-electron chi connectivity index (χ4n) is 3.85. The molecular weight excluding hydrogens is 383 g/mol. The molecule has 5 rings (SSSR count). The minimum atomic E-state index is -0.451. The van der Waals surface area contributed by atoms with Crippen LogP contribution in [0.5, 0.6) is 0 Å². The van der Waals surface area contributed by atoms with Gasteiger partial charge in [-0.15, -0.1) is 0 Å². The molecule has 5 heterocycles. The van der Waals surface area contributed by atoms with E-state index in [0.29, 0.717) is 6.04 Å². The third-order valence-corrected chi connectivity index (χ3v) is 5.36. The highest BCUT2D eigenvalue weighted by atomic mass is 19.1. The zero-order valence-corrected chi connectivity index (χ0v) is 16.7. The van der Waals surface area contributed by atoms with Crippen molar-refractivity contribution < 1.29 is 4.39 Å². The van der Waals surface area contributed by atoms with Gasteiger partial charge in [-0.25, -0.2) is 9.37 Å². The van der Waals surface area contributed by atoms with Gasteiger partial charge in [0.05, 0.1) is 35.8 Å². The molecule has 0 spiro atoms. The molecule has 1 atom stereocenters. The van der Waals surface area contributed by atoms with Gasteiger partial charge in [-0.3, -0.25) is 14.8 Å². The van der Waals surface area contributed by atoms with Crippen molar-refractivity contribution in [2.24, 2.45) is 0 Å². The summed E-state index contributed by atoms with van der Waals surface area (Å²) in [4.78, 5) is 11.7. The molecule has 30 heavy (non-hydrogen) atoms. The number of aromatic amines is 1. The molecule has 1 saturated heterocycles. The number of aryl methyl sites for hydroxylation is 1. The molecule has 1 aliphatic rings. The molecule has 0 saturated carbocycles. The maximum atomic E-state index is 12.6. The molecular formula is C21H23FN8. The number of nitrogens with zero attached hydrogens (tertiary/aromatic N) is 6. The smallest absolute Gasteiger partial charge is 0.129 e. The van der Waals surface area contributed by atoms with E-state index < -0.39 is 6.67 Å². The van der Waals surface area contributed by atoms with Gasteiger partial charge in [0, 0.05) is 42.8 Å². The Morgan fingerprint density at radius 3 is 3.03 bits per heavy atom. The Hall–Kier alpha value is -3.33. The van der Waals surface area contributed by atoms with Gasteiger partial charge in [-0.05, 0) is 25.1 Å². The van der Waals surface area contributed by atoms with Crippen LogP contribution in [0, 0.1) is 0 Å². The van der Waals surface area contributed by atoms with E-state index in [4.69, 9.17) is 4.98 Å². The van der Waals surface area contributed by atoms with Gasteiger partial charge in [-0.1, -0.05) is 6.07 Å². The zero-order valence-electron chi connectivity index (χ0n) is 16.7. The number of piperazine rings is 1. The van der Waals surface area contributed by atoms with E-state index in [2.05, 4.69) is 37.4 Å². The minimum absolute atomic E-state index is 0.237. The second-order valence-electron chi connectivity index (χ2n) is 7.55. The van der Waals surface area contributed by atoms with Crippen LogP contribution in [-0.4, -0.2) is 62.3 Å². The lowest BCUT2D eigenvalue weighted by atomic mass is 10.1. The van der Waals surface area contributed by atoms with Crippen molar-refractivity contribution in [3.05, 3.63) is 42.9 Å². The highest BCUT2D eigenvalue weighted by molar-refractivity contribution is 5.93. The normalized spacial score (nSPS) is 17.0. The molecule has 4 aromatic heterocycles. The number of aromatic nitrogens is 6. The van der Waals surface area contributed by atoms with E-state index in [9.17, 15) is 4.39 Å². The van der Waals surface area contributed by atoms with Crippen molar-refractivity contribution in [3.63, 3.8) is 0 Å². The van der Waals surface area contributed by atoms with Crippen LogP contribution in [0.25, 0.3) is 33.5 Å². The zero-order chi connectivity index (χ0) is 20.5. The molecule has 0 unspecified atom stereocenters. The van der Waals surface area contributed by atoms with Crippen LogP contribution in [0.4, 0.5) is 10.2 Å². The van der Waals surface area contributed by atoms with Crippen LogP contribution >= 0.6 is 0 Å². The van der Waals surface area contributed by atoms with E-state index >= 15 is 0 Å². The van der Waals surface area contributed by atoms with E-state index in [0.717, 1.165) is 59.0 Å². The van der Waals surface area contributed by atoms with Gasteiger partial charge in [0.1, 0.15) is 18.2 Å². The maximum Gasteiger partial charge on any atom is 0.129 e. The number of hydrogen-bond donors (Lipinski definition) is 2. The van der Waals surface area contributed by atoms with Crippen LogP contribution in [0.15, 0.2) is 42.9 Å². The first-order chi connectivity index (χ1) is 14.7. The molecule has 0 aliphatic carbocycles. The molecule has 2 N–H and O–H groups in total. The Labute approximate surface area is 173 Å². The first-order valence-electron chi connectivity index (χ1n) is 10.1. The standard InChI is InChI=1S/C21H23FN8/c1-14-12-29(8-6-23-14)20-4-2-3-17(26-20)21-16-9-18(24-11-19(16)27-28-21)15-10-25-30(13-15)7-5-22/h2-4,9-11,13-14,23H,5-8,12H2,1H3,(H,27,28)/t14-/m1/s1. The largest absolute Gasteiger partial charge is 0.354 e. The molecule has 0 amide bonds. The first-order valence-corrected chi connectivity index (χ1v) is 10.1. The molecule has 0 aromatic carbocycles. The van der Waals surface area contributed by atoms with Gasteiger partial charge in [-0.2, -0.15) is 10.2 Å². The summed E-state index contributed by atoms with van der Waals surface area (Å²) in [6.07, 6.45) is 5.27. The van der Waals surface area contributed by atoms with E-state index in [1.165, 1.54) is 0 Å². The Bertz CT molecular complexity index is 1170. The summed E-state index contributed by atoms with van der Waals surface area (Å²) in [7, 11) is 0. The first kappa shape index (κ1) is 18.7. The summed E-state index contributed by atoms with van der Waals surface area (Å²) in [6.45, 7) is 4.77. The lowest BCUT2D eigenvalue weighted by Crippen LogP contribution is -2.49. The fourth-order valence-corrected chi connectivity index (χ4v) is 3.85. The van der Waals surface area contributed by atoms with E-state index in [1.807, 2.05) is 24.3 Å². The molecule has 154 valence electrons. The van der Waals surface area contributed by atoms with Gasteiger partial charge < -0.3 is 10.2 Å². The van der Waals surface area contributed by atoms with Gasteiger partial charge >= 0.3 is 0 Å². The average Bonchev–Trinajstić information content (AvgIpc) is 3.41. The highest BCUT2D eigenvalue weighted by Gasteiger charge is 2.18. The SMILES string of the molecule is C[C@@H]1CN(c2cccc(-c3n[nH]c4cnc(-c5cnn(CCF)c5)cc34)n2)CCN1. The number of rotatable bonds is 5. The predicted molar refractivity (Wildman–Crippen MR) is 114 cm³/mol. The average molecular weight is 406 g/mol. The van der Waals surface area contributed by atoms with Crippen molar-refractivity contribution in [2.75, 3.05) is 31.2 Å². The lowest BCUT2D eigenvalue weighted by molar-refractivity contribution is 0.427. The van der Waals surface area contributed by atoms with Gasteiger partial charge in [0.2, 0.25) is 0 Å². The van der Waals surface area contributed by atoms with Gasteiger partial charge in [0.25, 0.3) is 0 Å². The Morgan fingerprint density at radius 1 is 1.23 bits per heavy atom. The van der Waals surface area contributed by atoms with E-state index in [1.54, 1.807) is 23.3 Å². The number of nitrogens with one attached hydrogen (secondary N) is 2. The third kappa shape index (κ3) is 3.52. The third-order valence-electron chi connectivity index (χ3n) is 5.36. The highest BCUT2D eigenvalue weighted by Crippen LogP contribution is 2.29. The number of hydrogen-bond acceptors (Lipinski definition) is 6. The second kappa shape index (κ2) is 7.83. The van der Waals surface area contributed by atoms with Crippen molar-refractivity contribution >= 4 is 16.7 Å². The number of alkyl halides is 1. The Morgan fingerprint density at radius 2 is 2.17 bits per heavy atom. The van der Waals surface area contributed by atoms with Crippen LogP contribution in [0.1, 0.15) is 6.92 Å². The van der Waals surface area contributed by atoms with Crippen molar-refractivity contribution in [3.8, 4) is 22.6 Å². The van der Waals surface area contributed by atoms with Crippen molar-refractivity contribution in [1.82, 2.24) is 35.3 Å². The minimum Gasteiger partial charge on any atom is -0.354 e. The quantitative estimate of drug-likeness (QED) is 0.530. The molecule has 1 fully saturated rings. The molecule has 0 radical (unpaired) electrons. The molecule has 1 aliphatic heterocycles. The Balaban J connectivity index is 1.50. The summed E-state index contributed by atoms with van der Waals surface area (Å²) in [6, 6.07) is 8.45. The molecule has 4 aromatic rings. The number of anilines is 1. The summed E-state index contributed by atoms with van der Waals surface area (Å²) >= 11 is 0. The van der Waals surface area contributed by atoms with Gasteiger partial charge in [0.15, 0.2) is 0 Å². The number of fused-ring (bicyclic) bond motifs is 1. The number of halogens is 1. The Kier molecular flexibility index (Phi) is 4.88. The van der Waals surface area contributed by atoms with Crippen molar-refractivity contribution in [1.29, 1.82) is 0 Å². The van der Waals surface area contributed by atoms with E-state index in [-0.39, 0.29) is 6.54 Å². The summed E-state index contributed by atoms with van der Waals surface area (Å²) in [5.74, 6) is 0.957. The maximum absolute atomic E-state index is 12.6. The lowest BCUT2D eigenvalue weighted by Gasteiger charge is -2.32. The van der Waals surface area contributed by atoms with Crippen LogP contribution in [0.3, 0.4) is 0 Å². The fraction of sp³-hybridized carbons (Fsp3) is 0.333. The topological polar surface area (TPSA) is 87.6 Å². The predicted octanol–water partition coefficient (Wildman–Crippen LogP) is 2.65. The number of H-pyrrole nitrogens is 1. The molecule has 9 heteroatoms. The summed E-state index contributed by atoms with van der Waals surface area (Å²) in [5.41, 5.74) is 4.05. The molecule has 0 bridgehead atoms.